The summed E-state index contributed by atoms with van der Waals surface area (Å²) < 4.78 is 14.0. The quantitative estimate of drug-likeness (QED) is 0.804. The molecule has 2 aliphatic rings. The van der Waals surface area contributed by atoms with Gasteiger partial charge in [0, 0.05) is 18.7 Å². The lowest BCUT2D eigenvalue weighted by molar-refractivity contribution is -0.150. The molecule has 2 fully saturated rings. The fourth-order valence-corrected chi connectivity index (χ4v) is 3.32. The third kappa shape index (κ3) is 2.40. The SMILES string of the molecule is C=CC(=O)N1CC[C@H]1C(=O)N1CCCC1c1ccccc1F. The van der Waals surface area contributed by atoms with Gasteiger partial charge < -0.3 is 9.80 Å². The third-order valence-corrected chi connectivity index (χ3v) is 4.56. The van der Waals surface area contributed by atoms with Crippen LogP contribution >= 0.6 is 0 Å². The average molecular weight is 302 g/mol. The van der Waals surface area contributed by atoms with Gasteiger partial charge >= 0.3 is 0 Å². The van der Waals surface area contributed by atoms with Crippen LogP contribution in [-0.2, 0) is 9.59 Å². The van der Waals surface area contributed by atoms with Crippen molar-refractivity contribution in [2.75, 3.05) is 13.1 Å². The van der Waals surface area contributed by atoms with Crippen molar-refractivity contribution in [3.8, 4) is 0 Å². The first-order chi connectivity index (χ1) is 10.6. The number of rotatable bonds is 3. The number of benzene rings is 1. The molecule has 2 saturated heterocycles. The second-order valence-electron chi connectivity index (χ2n) is 5.75. The van der Waals surface area contributed by atoms with E-state index in [0.717, 1.165) is 12.8 Å². The summed E-state index contributed by atoms with van der Waals surface area (Å²) in [5, 5.41) is 0. The molecule has 1 unspecified atom stereocenters. The summed E-state index contributed by atoms with van der Waals surface area (Å²) in [5.41, 5.74) is 0.564. The van der Waals surface area contributed by atoms with Gasteiger partial charge in [0.2, 0.25) is 11.8 Å². The predicted octanol–water partition coefficient (Wildman–Crippen LogP) is 2.28. The van der Waals surface area contributed by atoms with Gasteiger partial charge in [0.25, 0.3) is 0 Å². The van der Waals surface area contributed by atoms with Crippen molar-refractivity contribution in [3.63, 3.8) is 0 Å². The Morgan fingerprint density at radius 2 is 1.95 bits per heavy atom. The van der Waals surface area contributed by atoms with Crippen molar-refractivity contribution >= 4 is 11.8 Å². The molecule has 2 amide bonds. The molecular weight excluding hydrogens is 283 g/mol. The largest absolute Gasteiger partial charge is 0.334 e. The molecule has 3 rings (SSSR count). The van der Waals surface area contributed by atoms with Gasteiger partial charge in [-0.25, -0.2) is 4.39 Å². The zero-order valence-corrected chi connectivity index (χ0v) is 12.4. The number of carbonyl (C=O) groups excluding carboxylic acids is 2. The summed E-state index contributed by atoms with van der Waals surface area (Å²) >= 11 is 0. The minimum absolute atomic E-state index is 0.0767. The number of amides is 2. The van der Waals surface area contributed by atoms with E-state index in [1.54, 1.807) is 23.1 Å². The highest BCUT2D eigenvalue weighted by Gasteiger charge is 2.42. The number of nitrogens with zero attached hydrogens (tertiary/aromatic N) is 2. The molecule has 1 aromatic rings. The fourth-order valence-electron chi connectivity index (χ4n) is 3.32. The lowest BCUT2D eigenvalue weighted by Gasteiger charge is -2.42. The summed E-state index contributed by atoms with van der Waals surface area (Å²) in [7, 11) is 0. The van der Waals surface area contributed by atoms with Crippen molar-refractivity contribution in [3.05, 3.63) is 48.3 Å². The molecule has 0 radical (unpaired) electrons. The van der Waals surface area contributed by atoms with E-state index in [2.05, 4.69) is 6.58 Å². The van der Waals surface area contributed by atoms with Crippen LogP contribution in [0.25, 0.3) is 0 Å². The molecule has 0 aliphatic carbocycles. The fraction of sp³-hybridized carbons (Fsp3) is 0.412. The topological polar surface area (TPSA) is 40.6 Å². The van der Waals surface area contributed by atoms with Crippen LogP contribution in [0.5, 0.6) is 0 Å². The van der Waals surface area contributed by atoms with Gasteiger partial charge in [-0.3, -0.25) is 9.59 Å². The number of hydrogen-bond donors (Lipinski definition) is 0. The molecule has 116 valence electrons. The summed E-state index contributed by atoms with van der Waals surface area (Å²) in [6.07, 6.45) is 3.51. The summed E-state index contributed by atoms with van der Waals surface area (Å²) in [5.74, 6) is -0.571. The van der Waals surface area contributed by atoms with E-state index in [-0.39, 0.29) is 23.7 Å². The van der Waals surface area contributed by atoms with Gasteiger partial charge in [-0.05, 0) is 31.4 Å². The lowest BCUT2D eigenvalue weighted by atomic mass is 9.99. The van der Waals surface area contributed by atoms with E-state index < -0.39 is 6.04 Å². The Morgan fingerprint density at radius 1 is 1.18 bits per heavy atom. The van der Waals surface area contributed by atoms with E-state index in [1.165, 1.54) is 17.0 Å². The van der Waals surface area contributed by atoms with Crippen LogP contribution in [0, 0.1) is 5.82 Å². The van der Waals surface area contributed by atoms with E-state index in [1.807, 2.05) is 0 Å². The Bertz CT molecular complexity index is 616. The van der Waals surface area contributed by atoms with Crippen molar-refractivity contribution in [2.24, 2.45) is 0 Å². The Hall–Kier alpha value is -2.17. The van der Waals surface area contributed by atoms with Crippen molar-refractivity contribution in [2.45, 2.75) is 31.3 Å². The van der Waals surface area contributed by atoms with Gasteiger partial charge in [0.15, 0.2) is 0 Å². The van der Waals surface area contributed by atoms with E-state index >= 15 is 0 Å². The highest BCUT2D eigenvalue weighted by atomic mass is 19.1. The molecule has 0 aromatic heterocycles. The summed E-state index contributed by atoms with van der Waals surface area (Å²) in [6.45, 7) is 4.66. The number of halogens is 1. The van der Waals surface area contributed by atoms with Crippen LogP contribution < -0.4 is 0 Å². The minimum Gasteiger partial charge on any atom is -0.334 e. The van der Waals surface area contributed by atoms with Crippen molar-refractivity contribution < 1.29 is 14.0 Å². The Labute approximate surface area is 129 Å². The molecule has 0 N–H and O–H groups in total. The van der Waals surface area contributed by atoms with Gasteiger partial charge in [0.05, 0.1) is 6.04 Å². The Morgan fingerprint density at radius 3 is 2.59 bits per heavy atom. The second-order valence-corrected chi connectivity index (χ2v) is 5.75. The Kier molecular flexibility index (Phi) is 3.96. The highest BCUT2D eigenvalue weighted by molar-refractivity contribution is 5.94. The van der Waals surface area contributed by atoms with Gasteiger partial charge in [-0.2, -0.15) is 0 Å². The summed E-state index contributed by atoms with van der Waals surface area (Å²) in [6, 6.07) is 5.95. The van der Waals surface area contributed by atoms with Crippen LogP contribution in [-0.4, -0.2) is 40.7 Å². The minimum atomic E-state index is -0.419. The summed E-state index contributed by atoms with van der Waals surface area (Å²) in [4.78, 5) is 27.7. The van der Waals surface area contributed by atoms with Gasteiger partial charge in [-0.1, -0.05) is 24.8 Å². The second kappa shape index (κ2) is 5.91. The molecule has 0 saturated carbocycles. The molecule has 0 spiro atoms. The highest BCUT2D eigenvalue weighted by Crippen LogP contribution is 2.35. The molecule has 2 atom stereocenters. The van der Waals surface area contributed by atoms with Crippen LogP contribution in [0.2, 0.25) is 0 Å². The molecule has 2 aliphatic heterocycles. The zero-order chi connectivity index (χ0) is 15.7. The number of likely N-dealkylation sites (tertiary alicyclic amines) is 2. The first-order valence-corrected chi connectivity index (χ1v) is 7.61. The van der Waals surface area contributed by atoms with Gasteiger partial charge in [0.1, 0.15) is 11.9 Å². The maximum atomic E-state index is 14.0. The van der Waals surface area contributed by atoms with Crippen LogP contribution in [0.4, 0.5) is 4.39 Å². The van der Waals surface area contributed by atoms with E-state index in [0.29, 0.717) is 25.1 Å². The predicted molar refractivity (Wildman–Crippen MR) is 80.4 cm³/mol. The van der Waals surface area contributed by atoms with Crippen LogP contribution in [0.3, 0.4) is 0 Å². The third-order valence-electron chi connectivity index (χ3n) is 4.56. The molecule has 4 nitrogen and oxygen atoms in total. The standard InChI is InChI=1S/C17H19FN2O2/c1-2-16(21)19-11-9-15(19)17(22)20-10-5-8-14(20)12-6-3-4-7-13(12)18/h2-4,6-7,14-15H,1,5,8-11H2/t14?,15-/m0/s1. The van der Waals surface area contributed by atoms with Crippen molar-refractivity contribution in [1.29, 1.82) is 0 Å². The number of hydrogen-bond acceptors (Lipinski definition) is 2. The molecule has 5 heteroatoms. The van der Waals surface area contributed by atoms with E-state index in [4.69, 9.17) is 0 Å². The van der Waals surface area contributed by atoms with Crippen LogP contribution in [0.1, 0.15) is 30.9 Å². The van der Waals surface area contributed by atoms with Crippen LogP contribution in [0.15, 0.2) is 36.9 Å². The first kappa shape index (κ1) is 14.8. The van der Waals surface area contributed by atoms with Crippen molar-refractivity contribution in [1.82, 2.24) is 9.80 Å². The van der Waals surface area contributed by atoms with Gasteiger partial charge in [-0.15, -0.1) is 0 Å². The monoisotopic (exact) mass is 302 g/mol. The molecule has 0 bridgehead atoms. The molecular formula is C17H19FN2O2. The lowest BCUT2D eigenvalue weighted by Crippen LogP contribution is -2.58. The average Bonchev–Trinajstić information content (AvgIpc) is 2.95. The zero-order valence-electron chi connectivity index (χ0n) is 12.4. The molecule has 2 heterocycles. The number of carbonyl (C=O) groups is 2. The first-order valence-electron chi connectivity index (χ1n) is 7.61. The smallest absolute Gasteiger partial charge is 0.246 e. The maximum Gasteiger partial charge on any atom is 0.246 e. The Balaban J connectivity index is 1.79. The maximum absolute atomic E-state index is 14.0. The molecule has 1 aromatic carbocycles. The van der Waals surface area contributed by atoms with E-state index in [9.17, 15) is 14.0 Å². The normalized spacial score (nSPS) is 24.0. The molecule has 22 heavy (non-hydrogen) atoms.